The zero-order chi connectivity index (χ0) is 15.1. The predicted molar refractivity (Wildman–Crippen MR) is 74.7 cm³/mol. The molecule has 0 fully saturated rings. The van der Waals surface area contributed by atoms with Crippen LogP contribution in [0.5, 0.6) is 0 Å². The average molecular weight is 272 g/mol. The van der Waals surface area contributed by atoms with Crippen LogP contribution in [0.15, 0.2) is 0 Å². The summed E-state index contributed by atoms with van der Waals surface area (Å²) >= 11 is 0. The highest BCUT2D eigenvalue weighted by Crippen LogP contribution is 2.30. The first kappa shape index (κ1) is 17.9. The van der Waals surface area contributed by atoms with Crippen LogP contribution in [0, 0.1) is 10.8 Å². The monoisotopic (exact) mass is 272 g/mol. The van der Waals surface area contributed by atoms with Crippen LogP contribution in [-0.4, -0.2) is 25.2 Å². The average Bonchev–Trinajstić information content (AvgIpc) is 2.29. The third-order valence-electron chi connectivity index (χ3n) is 3.26. The molecule has 112 valence electrons. The summed E-state index contributed by atoms with van der Waals surface area (Å²) in [5.74, 6) is -0.354. The van der Waals surface area contributed by atoms with Gasteiger partial charge in [-0.15, -0.1) is 0 Å². The van der Waals surface area contributed by atoms with Gasteiger partial charge in [-0.2, -0.15) is 0 Å². The summed E-state index contributed by atoms with van der Waals surface area (Å²) in [6.45, 7) is 11.9. The lowest BCUT2D eigenvalue weighted by Gasteiger charge is -2.26. The fourth-order valence-electron chi connectivity index (χ4n) is 1.83. The molecule has 0 aromatic rings. The van der Waals surface area contributed by atoms with Gasteiger partial charge in [0.05, 0.1) is 24.0 Å². The van der Waals surface area contributed by atoms with Gasteiger partial charge in [0, 0.05) is 0 Å². The maximum Gasteiger partial charge on any atom is 0.311 e. The van der Waals surface area contributed by atoms with E-state index in [9.17, 15) is 9.59 Å². The third-order valence-corrected chi connectivity index (χ3v) is 3.26. The molecule has 0 aromatic heterocycles. The van der Waals surface area contributed by atoms with Crippen molar-refractivity contribution < 1.29 is 19.1 Å². The van der Waals surface area contributed by atoms with Crippen molar-refractivity contribution in [1.29, 1.82) is 0 Å². The summed E-state index contributed by atoms with van der Waals surface area (Å²) in [6, 6.07) is 0. The van der Waals surface area contributed by atoms with Crippen molar-refractivity contribution in [2.24, 2.45) is 10.8 Å². The zero-order valence-electron chi connectivity index (χ0n) is 13.2. The lowest BCUT2D eigenvalue weighted by Crippen LogP contribution is -2.29. The van der Waals surface area contributed by atoms with Crippen LogP contribution in [0.1, 0.15) is 60.8 Å². The highest BCUT2D eigenvalue weighted by Gasteiger charge is 2.32. The fraction of sp³-hybridized carbons (Fsp3) is 0.867. The number of rotatable bonds is 8. The Morgan fingerprint density at radius 2 is 1.11 bits per heavy atom. The van der Waals surface area contributed by atoms with Crippen molar-refractivity contribution in [3.63, 3.8) is 0 Å². The van der Waals surface area contributed by atoms with E-state index in [1.807, 2.05) is 27.7 Å². The van der Waals surface area contributed by atoms with Crippen LogP contribution in [0.4, 0.5) is 0 Å². The molecule has 0 N–H and O–H groups in total. The van der Waals surface area contributed by atoms with Crippen molar-refractivity contribution in [2.75, 3.05) is 13.2 Å². The Labute approximate surface area is 116 Å². The highest BCUT2D eigenvalue weighted by molar-refractivity contribution is 5.76. The molecule has 0 saturated carbocycles. The molecular weight excluding hydrogens is 244 g/mol. The van der Waals surface area contributed by atoms with E-state index in [4.69, 9.17) is 9.47 Å². The second kappa shape index (κ2) is 7.51. The predicted octanol–water partition coefficient (Wildman–Crippen LogP) is 3.34. The van der Waals surface area contributed by atoms with Gasteiger partial charge in [-0.25, -0.2) is 0 Å². The molecule has 19 heavy (non-hydrogen) atoms. The van der Waals surface area contributed by atoms with Crippen LogP contribution >= 0.6 is 0 Å². The molecule has 0 amide bonds. The largest absolute Gasteiger partial charge is 0.466 e. The zero-order valence-corrected chi connectivity index (χ0v) is 13.2. The van der Waals surface area contributed by atoms with Crippen LogP contribution in [0.3, 0.4) is 0 Å². The van der Waals surface area contributed by atoms with E-state index in [1.165, 1.54) is 0 Å². The summed E-state index contributed by atoms with van der Waals surface area (Å²) in [4.78, 5) is 23.5. The molecule has 4 heteroatoms. The van der Waals surface area contributed by atoms with Crippen molar-refractivity contribution in [1.82, 2.24) is 0 Å². The van der Waals surface area contributed by atoms with Gasteiger partial charge in [-0.05, 0) is 54.4 Å². The van der Waals surface area contributed by atoms with E-state index in [1.54, 1.807) is 13.8 Å². The van der Waals surface area contributed by atoms with Gasteiger partial charge in [0.15, 0.2) is 0 Å². The maximum atomic E-state index is 11.7. The number of hydrogen-bond donors (Lipinski definition) is 0. The Hall–Kier alpha value is -1.06. The van der Waals surface area contributed by atoms with E-state index in [0.717, 1.165) is 6.42 Å². The van der Waals surface area contributed by atoms with Gasteiger partial charge in [0.2, 0.25) is 0 Å². The molecule has 0 rings (SSSR count). The number of carbonyl (C=O) groups is 2. The molecule has 0 spiro atoms. The molecule has 0 unspecified atom stereocenters. The molecule has 0 radical (unpaired) electrons. The highest BCUT2D eigenvalue weighted by atomic mass is 16.5. The van der Waals surface area contributed by atoms with E-state index >= 15 is 0 Å². The minimum absolute atomic E-state index is 0.177. The fourth-order valence-corrected chi connectivity index (χ4v) is 1.83. The topological polar surface area (TPSA) is 52.6 Å². The molecule has 0 aromatic carbocycles. The number of hydrogen-bond acceptors (Lipinski definition) is 4. The van der Waals surface area contributed by atoms with Crippen LogP contribution in [0.25, 0.3) is 0 Å². The molecule has 0 aliphatic carbocycles. The van der Waals surface area contributed by atoms with E-state index in [-0.39, 0.29) is 11.9 Å². The standard InChI is InChI=1S/C15H28O4/c1-7-18-12(16)14(3,4)10-9-11-15(5,6)13(17)19-8-2/h7-11H2,1-6H3. The molecule has 0 atom stereocenters. The molecular formula is C15H28O4. The Morgan fingerprint density at radius 1 is 0.789 bits per heavy atom. The smallest absolute Gasteiger partial charge is 0.311 e. The Balaban J connectivity index is 4.28. The third kappa shape index (κ3) is 6.08. The normalized spacial score (nSPS) is 12.1. The summed E-state index contributed by atoms with van der Waals surface area (Å²) < 4.78 is 10.1. The van der Waals surface area contributed by atoms with Crippen LogP contribution in [0.2, 0.25) is 0 Å². The number of carbonyl (C=O) groups excluding carboxylic acids is 2. The molecule has 0 aliphatic heterocycles. The maximum absolute atomic E-state index is 11.7. The number of ether oxygens (including phenoxy) is 2. The molecule has 4 nitrogen and oxygen atoms in total. The summed E-state index contributed by atoms with van der Waals surface area (Å²) in [5, 5.41) is 0. The summed E-state index contributed by atoms with van der Waals surface area (Å²) in [5.41, 5.74) is -0.999. The first-order chi connectivity index (χ1) is 8.67. The van der Waals surface area contributed by atoms with Crippen LogP contribution < -0.4 is 0 Å². The van der Waals surface area contributed by atoms with Gasteiger partial charge in [0.1, 0.15) is 0 Å². The van der Waals surface area contributed by atoms with Crippen molar-refractivity contribution in [2.45, 2.75) is 60.8 Å². The van der Waals surface area contributed by atoms with Crippen molar-refractivity contribution in [3.8, 4) is 0 Å². The van der Waals surface area contributed by atoms with Gasteiger partial charge in [0.25, 0.3) is 0 Å². The summed E-state index contributed by atoms with van der Waals surface area (Å²) in [6.07, 6.45) is 2.20. The lowest BCUT2D eigenvalue weighted by atomic mass is 9.81. The molecule has 0 aliphatic rings. The van der Waals surface area contributed by atoms with Gasteiger partial charge in [-0.3, -0.25) is 9.59 Å². The van der Waals surface area contributed by atoms with Crippen molar-refractivity contribution in [3.05, 3.63) is 0 Å². The molecule has 0 heterocycles. The second-order valence-corrected chi connectivity index (χ2v) is 6.06. The van der Waals surface area contributed by atoms with Gasteiger partial charge >= 0.3 is 11.9 Å². The Bertz CT molecular complexity index is 275. The SMILES string of the molecule is CCOC(=O)C(C)(C)CCCC(C)(C)C(=O)OCC. The Kier molecular flexibility index (Phi) is 7.09. The minimum atomic E-state index is -0.499. The van der Waals surface area contributed by atoms with Gasteiger partial charge in [-0.1, -0.05) is 6.42 Å². The van der Waals surface area contributed by atoms with E-state index in [0.29, 0.717) is 26.1 Å². The minimum Gasteiger partial charge on any atom is -0.466 e. The second-order valence-electron chi connectivity index (χ2n) is 6.06. The molecule has 0 saturated heterocycles. The van der Waals surface area contributed by atoms with Gasteiger partial charge < -0.3 is 9.47 Å². The van der Waals surface area contributed by atoms with Crippen LogP contribution in [-0.2, 0) is 19.1 Å². The number of esters is 2. The molecule has 0 bridgehead atoms. The Morgan fingerprint density at radius 3 is 1.37 bits per heavy atom. The summed E-state index contributed by atoms with van der Waals surface area (Å²) in [7, 11) is 0. The lowest BCUT2D eigenvalue weighted by molar-refractivity contribution is -0.154. The van der Waals surface area contributed by atoms with E-state index < -0.39 is 10.8 Å². The van der Waals surface area contributed by atoms with Crippen molar-refractivity contribution >= 4 is 11.9 Å². The first-order valence-corrected chi connectivity index (χ1v) is 7.02. The first-order valence-electron chi connectivity index (χ1n) is 7.02. The van der Waals surface area contributed by atoms with E-state index in [2.05, 4.69) is 0 Å². The quantitative estimate of drug-likeness (QED) is 0.636.